The molecule has 6 aliphatic heterocycles. The Morgan fingerprint density at radius 1 is 0.194 bits per heavy atom. The van der Waals surface area contributed by atoms with Gasteiger partial charge in [-0.1, -0.05) is 350 Å². The predicted octanol–water partition coefficient (Wildman–Crippen LogP) is 23.6. The monoisotopic (exact) mass is 2050 g/mol. The van der Waals surface area contributed by atoms with Crippen molar-refractivity contribution in [3.63, 3.8) is 0 Å². The Balaban J connectivity index is 0.000000496. The quantitative estimate of drug-likeness (QED) is 0.0118. The third-order valence-electron chi connectivity index (χ3n) is 29.5. The minimum absolute atomic E-state index is 0.114. The number of unbranched alkanes of at least 4 members (excludes halogenated alkanes) is 42. The van der Waals surface area contributed by atoms with Crippen LogP contribution in [0.25, 0.3) is 0 Å². The number of esters is 6. The van der Waals surface area contributed by atoms with E-state index in [-0.39, 0.29) is 180 Å². The van der Waals surface area contributed by atoms with Crippen molar-refractivity contribution in [2.45, 2.75) is 671 Å². The summed E-state index contributed by atoms with van der Waals surface area (Å²) in [5.74, 6) is -2.07. The molecule has 0 aromatic rings. The lowest BCUT2D eigenvalue weighted by molar-refractivity contribution is -0.167. The van der Waals surface area contributed by atoms with Gasteiger partial charge in [-0.15, -0.1) is 0 Å². The highest BCUT2D eigenvalue weighted by Crippen LogP contribution is 2.39. The van der Waals surface area contributed by atoms with Gasteiger partial charge in [0.1, 0.15) is 32.5 Å². The fourth-order valence-electron chi connectivity index (χ4n) is 19.7. The normalized spacial score (nSPS) is 21.9. The van der Waals surface area contributed by atoms with E-state index in [1.165, 1.54) is 116 Å². The van der Waals surface area contributed by atoms with Crippen LogP contribution < -0.4 is 0 Å². The van der Waals surface area contributed by atoms with E-state index in [1.54, 1.807) is 0 Å². The molecule has 0 radical (unpaired) electrons. The second kappa shape index (κ2) is 88.6. The average Bonchev–Trinajstić information content (AvgIpc) is 1.72. The minimum Gasteiger partial charge on any atom is -0.463 e. The van der Waals surface area contributed by atoms with Crippen molar-refractivity contribution in [1.82, 2.24) is 0 Å². The SMILES string of the molecule is CCCCCCC(O)CC1OC1CCCCCCCC(=O)OCC(CO)OC(=O)CCCCCCCC1OC1CC(O)CCCCCC.CCCCCCC(O)CC1OC1CCCCCCCC(=O)OCC(COC(=O)CCCCCCCC1OC1CC(O)CCCCCC)OC(=O)CCCCCCCC1OC1CC(O)CCCCCC.CCCCCCC(O)CC1OC1CCCCCCCC(=O)OCC(O)CO. The standard InChI is InChI=1S/C57H104O12.C39H72O9.C21H40O6/c1-4-7-10-22-31-45(58)40-52-49(67-52)34-25-16-13-19-28-37-55(61)64-43-48(66-57(63)39-30-21-15-18-27-36-51-54(69-51)42-47(60)33-24-12-9-6-3)44-65-56(62)38-29-20-14-17-26-35-50-53(68-50)41-46(59)32-23-11-8-5-2;1-3-5-7-15-21-31(41)27-36-34(47-36)23-17-11-9-13-19-25-38(43)45-30-33(29-40)46-39(44)26-20-14-10-12-18-24-35-37(48-35)28-32(42)22-16-8-6-4-2;1-2-3-4-8-11-17(23)14-20-19(27-20)12-9-6-5-7-10-13-21(25)26-16-18(24)15-22/h45-54,58-60H,4-44H2,1-3H3;31-37,40-42H,3-30H2,1-2H3;17-20,22-24H,2-16H2,1H3. The maximum absolute atomic E-state index is 12.9. The van der Waals surface area contributed by atoms with E-state index >= 15 is 0 Å². The summed E-state index contributed by atoms with van der Waals surface area (Å²) in [6, 6.07) is 0. The first kappa shape index (κ1) is 132. The molecule has 6 saturated heterocycles. The Morgan fingerprint density at radius 2 is 0.368 bits per heavy atom. The first-order valence-corrected chi connectivity index (χ1v) is 60.0. The zero-order valence-electron chi connectivity index (χ0n) is 91.9. The molecule has 144 heavy (non-hydrogen) atoms. The number of epoxide rings is 6. The molecule has 0 saturated carbocycles. The highest BCUT2D eigenvalue weighted by molar-refractivity contribution is 5.72. The van der Waals surface area contributed by atoms with Gasteiger partial charge in [0, 0.05) is 77.0 Å². The molecule has 846 valence electrons. The highest BCUT2D eigenvalue weighted by Gasteiger charge is 2.44. The Bertz CT molecular complexity index is 2980. The predicted molar refractivity (Wildman–Crippen MR) is 566 cm³/mol. The van der Waals surface area contributed by atoms with Crippen LogP contribution in [-0.4, -0.2) is 250 Å². The molecule has 0 bridgehead atoms. The van der Waals surface area contributed by atoms with Gasteiger partial charge < -0.3 is 103 Å². The van der Waals surface area contributed by atoms with Gasteiger partial charge >= 0.3 is 35.8 Å². The number of rotatable bonds is 102. The molecule has 6 rings (SSSR count). The van der Waals surface area contributed by atoms with Crippen LogP contribution in [0.15, 0.2) is 0 Å². The molecule has 0 amide bonds. The molecule has 20 unspecified atom stereocenters. The molecule has 27 nitrogen and oxygen atoms in total. The molecule has 9 N–H and O–H groups in total. The van der Waals surface area contributed by atoms with Gasteiger partial charge in [-0.05, 0) is 116 Å². The summed E-state index contributed by atoms with van der Waals surface area (Å²) in [5, 5.41) is 88.6. The summed E-state index contributed by atoms with van der Waals surface area (Å²) in [4.78, 5) is 74.1. The van der Waals surface area contributed by atoms with Crippen molar-refractivity contribution in [2.75, 3.05) is 39.6 Å². The van der Waals surface area contributed by atoms with Gasteiger partial charge in [0.15, 0.2) is 12.2 Å². The number of carbonyl (C=O) groups is 6. The molecule has 6 aliphatic rings. The minimum atomic E-state index is -0.982. The number of ether oxygens (including phenoxy) is 12. The van der Waals surface area contributed by atoms with Crippen LogP contribution in [0.4, 0.5) is 0 Å². The zero-order chi connectivity index (χ0) is 104. The summed E-state index contributed by atoms with van der Waals surface area (Å²) in [5.41, 5.74) is 0. The third-order valence-corrected chi connectivity index (χ3v) is 29.5. The fraction of sp³-hybridized carbons (Fsp3) is 0.949. The first-order valence-electron chi connectivity index (χ1n) is 60.0. The summed E-state index contributed by atoms with van der Waals surface area (Å²) in [6.45, 7) is 11.9. The van der Waals surface area contributed by atoms with Gasteiger partial charge in [0.05, 0.1) is 123 Å². The zero-order valence-corrected chi connectivity index (χ0v) is 91.9. The molecule has 0 aliphatic carbocycles. The lowest BCUT2D eigenvalue weighted by Gasteiger charge is -2.18. The van der Waals surface area contributed by atoms with Gasteiger partial charge in [-0.3, -0.25) is 28.8 Å². The number of aliphatic hydroxyl groups excluding tert-OH is 9. The Labute approximate surface area is 873 Å². The molecule has 0 spiro atoms. The van der Waals surface area contributed by atoms with Gasteiger partial charge in [0.2, 0.25) is 0 Å². The second-order valence-electron chi connectivity index (χ2n) is 43.5. The van der Waals surface area contributed by atoms with E-state index in [2.05, 4.69) is 41.5 Å². The van der Waals surface area contributed by atoms with Gasteiger partial charge in [-0.25, -0.2) is 0 Å². The third kappa shape index (κ3) is 76.7. The van der Waals surface area contributed by atoms with Gasteiger partial charge in [-0.2, -0.15) is 0 Å². The van der Waals surface area contributed by atoms with E-state index in [1.807, 2.05) is 0 Å². The fourth-order valence-corrected chi connectivity index (χ4v) is 19.7. The number of hydrogen-bond acceptors (Lipinski definition) is 27. The van der Waals surface area contributed by atoms with Crippen LogP contribution in [-0.2, 0) is 85.6 Å². The maximum atomic E-state index is 12.9. The molecular weight excluding hydrogens is 1840 g/mol. The van der Waals surface area contributed by atoms with Crippen molar-refractivity contribution >= 4 is 35.8 Å². The molecule has 27 heteroatoms. The molecule has 20 atom stereocenters. The van der Waals surface area contributed by atoms with E-state index in [0.29, 0.717) is 44.0 Å². The summed E-state index contributed by atoms with van der Waals surface area (Å²) in [7, 11) is 0. The molecular formula is C117H216O27. The lowest BCUT2D eigenvalue weighted by atomic mass is 10.0. The van der Waals surface area contributed by atoms with Crippen molar-refractivity contribution in [2.24, 2.45) is 0 Å². The Kier molecular flexibility index (Phi) is 81.6. The first-order chi connectivity index (χ1) is 70.0. The number of carbonyl (C=O) groups excluding carboxylic acids is 6. The number of aliphatic hydroxyl groups is 9. The average molecular weight is 2050 g/mol. The van der Waals surface area contributed by atoms with Crippen molar-refractivity contribution in [3.05, 3.63) is 0 Å². The lowest BCUT2D eigenvalue weighted by Crippen LogP contribution is -2.30. The van der Waals surface area contributed by atoms with E-state index in [9.17, 15) is 64.5 Å². The Hall–Kier alpha value is -3.78. The van der Waals surface area contributed by atoms with Crippen molar-refractivity contribution < 1.29 is 132 Å². The van der Waals surface area contributed by atoms with Gasteiger partial charge in [0.25, 0.3) is 0 Å². The van der Waals surface area contributed by atoms with Crippen molar-refractivity contribution in [1.29, 1.82) is 0 Å². The van der Waals surface area contributed by atoms with E-state index < -0.39 is 24.9 Å². The molecule has 0 aromatic heterocycles. The van der Waals surface area contributed by atoms with Crippen LogP contribution in [0.5, 0.6) is 0 Å². The van der Waals surface area contributed by atoms with E-state index in [4.69, 9.17) is 67.1 Å². The Morgan fingerprint density at radius 3 is 0.569 bits per heavy atom. The second-order valence-corrected chi connectivity index (χ2v) is 43.5. The summed E-state index contributed by atoms with van der Waals surface area (Å²) in [6.07, 6.45) is 74.7. The van der Waals surface area contributed by atoms with Crippen LogP contribution in [0.3, 0.4) is 0 Å². The highest BCUT2D eigenvalue weighted by atomic mass is 16.6. The summed E-state index contributed by atoms with van der Waals surface area (Å²) < 4.78 is 66.8. The van der Waals surface area contributed by atoms with E-state index in [0.717, 1.165) is 340 Å². The largest absolute Gasteiger partial charge is 0.463 e. The summed E-state index contributed by atoms with van der Waals surface area (Å²) >= 11 is 0. The van der Waals surface area contributed by atoms with Crippen LogP contribution in [0, 0.1) is 0 Å². The van der Waals surface area contributed by atoms with Crippen LogP contribution in [0.2, 0.25) is 0 Å². The molecule has 6 heterocycles. The smallest absolute Gasteiger partial charge is 0.306 e. The van der Waals surface area contributed by atoms with Crippen LogP contribution >= 0.6 is 0 Å². The molecule has 0 aromatic carbocycles. The van der Waals surface area contributed by atoms with Crippen molar-refractivity contribution in [3.8, 4) is 0 Å². The number of hydrogen-bond donors (Lipinski definition) is 9. The van der Waals surface area contributed by atoms with Crippen LogP contribution in [0.1, 0.15) is 542 Å². The maximum Gasteiger partial charge on any atom is 0.306 e. The molecule has 6 fully saturated rings. The topological polar surface area (TPSA) is 415 Å².